The first-order chi connectivity index (χ1) is 13.3. The third-order valence-corrected chi connectivity index (χ3v) is 5.83. The summed E-state index contributed by atoms with van der Waals surface area (Å²) in [5.41, 5.74) is 2.64. The molecule has 0 spiro atoms. The first-order valence-corrected chi connectivity index (χ1v) is 10.6. The SMILES string of the molecule is CC(C)c1ccc(NC(=O)CN2C(=O)S/C(=C\c3ccc(I)cc3)C2=O)cc1. The van der Waals surface area contributed by atoms with E-state index < -0.39 is 17.1 Å². The van der Waals surface area contributed by atoms with Gasteiger partial charge in [0.2, 0.25) is 5.91 Å². The molecule has 1 N–H and O–H groups in total. The number of hydrogen-bond donors (Lipinski definition) is 1. The smallest absolute Gasteiger partial charge is 0.294 e. The van der Waals surface area contributed by atoms with Crippen molar-refractivity contribution in [2.75, 3.05) is 11.9 Å². The molecule has 144 valence electrons. The summed E-state index contributed by atoms with van der Waals surface area (Å²) < 4.78 is 1.08. The summed E-state index contributed by atoms with van der Waals surface area (Å²) in [5, 5.41) is 2.29. The van der Waals surface area contributed by atoms with Crippen molar-refractivity contribution in [1.82, 2.24) is 4.90 Å². The van der Waals surface area contributed by atoms with Crippen LogP contribution in [0.25, 0.3) is 6.08 Å². The second-order valence-corrected chi connectivity index (χ2v) is 8.88. The number of anilines is 1. The summed E-state index contributed by atoms with van der Waals surface area (Å²) in [4.78, 5) is 38.3. The molecule has 2 aromatic rings. The topological polar surface area (TPSA) is 66.5 Å². The van der Waals surface area contributed by atoms with Crippen molar-refractivity contribution < 1.29 is 14.4 Å². The molecule has 1 heterocycles. The lowest BCUT2D eigenvalue weighted by Gasteiger charge is -2.13. The van der Waals surface area contributed by atoms with Crippen LogP contribution in [0.15, 0.2) is 53.4 Å². The summed E-state index contributed by atoms with van der Waals surface area (Å²) >= 11 is 3.05. The fourth-order valence-corrected chi connectivity index (χ4v) is 3.84. The average Bonchev–Trinajstić information content (AvgIpc) is 2.91. The highest BCUT2D eigenvalue weighted by atomic mass is 127. The molecule has 3 amide bonds. The molecule has 2 aromatic carbocycles. The molecule has 0 unspecified atom stereocenters. The monoisotopic (exact) mass is 506 g/mol. The zero-order valence-electron chi connectivity index (χ0n) is 15.4. The highest BCUT2D eigenvalue weighted by molar-refractivity contribution is 14.1. The number of carbonyl (C=O) groups excluding carboxylic acids is 3. The van der Waals surface area contributed by atoms with E-state index in [-0.39, 0.29) is 6.54 Å². The lowest BCUT2D eigenvalue weighted by atomic mass is 10.0. The number of rotatable bonds is 5. The maximum Gasteiger partial charge on any atom is 0.294 e. The fraction of sp³-hybridized carbons (Fsp3) is 0.190. The van der Waals surface area contributed by atoms with E-state index in [1.807, 2.05) is 48.5 Å². The van der Waals surface area contributed by atoms with Gasteiger partial charge in [-0.1, -0.05) is 38.1 Å². The first-order valence-electron chi connectivity index (χ1n) is 8.74. The van der Waals surface area contributed by atoms with Crippen molar-refractivity contribution >= 4 is 63.2 Å². The summed E-state index contributed by atoms with van der Waals surface area (Å²) in [6.45, 7) is 3.88. The molecule has 0 atom stereocenters. The molecular formula is C21H19IN2O3S. The summed E-state index contributed by atoms with van der Waals surface area (Å²) in [5.74, 6) is -0.450. The van der Waals surface area contributed by atoms with Crippen molar-refractivity contribution in [1.29, 1.82) is 0 Å². The molecule has 1 fully saturated rings. The Morgan fingerprint density at radius 1 is 1.11 bits per heavy atom. The highest BCUT2D eigenvalue weighted by Crippen LogP contribution is 2.32. The number of amides is 3. The Labute approximate surface area is 181 Å². The molecule has 7 heteroatoms. The molecule has 5 nitrogen and oxygen atoms in total. The molecule has 0 aromatic heterocycles. The predicted molar refractivity (Wildman–Crippen MR) is 121 cm³/mol. The van der Waals surface area contributed by atoms with Crippen LogP contribution in [0.2, 0.25) is 0 Å². The van der Waals surface area contributed by atoms with Crippen LogP contribution < -0.4 is 5.32 Å². The molecule has 0 bridgehead atoms. The third-order valence-electron chi connectivity index (χ3n) is 4.20. The van der Waals surface area contributed by atoms with Crippen LogP contribution in [-0.2, 0) is 9.59 Å². The Kier molecular flexibility index (Phi) is 6.56. The number of imide groups is 1. The van der Waals surface area contributed by atoms with E-state index in [0.717, 1.165) is 25.8 Å². The van der Waals surface area contributed by atoms with Crippen LogP contribution in [0.1, 0.15) is 30.9 Å². The minimum atomic E-state index is -0.446. The van der Waals surface area contributed by atoms with Crippen LogP contribution in [0.5, 0.6) is 0 Å². The van der Waals surface area contributed by atoms with Crippen molar-refractivity contribution in [3.05, 3.63) is 68.1 Å². The molecule has 0 saturated carbocycles. The van der Waals surface area contributed by atoms with Crippen molar-refractivity contribution in [3.8, 4) is 0 Å². The van der Waals surface area contributed by atoms with Crippen molar-refractivity contribution in [2.45, 2.75) is 19.8 Å². The molecule has 1 saturated heterocycles. The lowest BCUT2D eigenvalue weighted by molar-refractivity contribution is -0.127. The Balaban J connectivity index is 1.65. The van der Waals surface area contributed by atoms with Gasteiger partial charge in [0.15, 0.2) is 0 Å². The van der Waals surface area contributed by atoms with Crippen LogP contribution in [0.4, 0.5) is 10.5 Å². The van der Waals surface area contributed by atoms with E-state index in [0.29, 0.717) is 16.5 Å². The van der Waals surface area contributed by atoms with Gasteiger partial charge in [0, 0.05) is 9.26 Å². The molecule has 0 aliphatic carbocycles. The second kappa shape index (κ2) is 8.91. The Morgan fingerprint density at radius 2 is 1.75 bits per heavy atom. The van der Waals surface area contributed by atoms with Crippen LogP contribution in [-0.4, -0.2) is 28.5 Å². The normalized spacial score (nSPS) is 15.6. The molecule has 28 heavy (non-hydrogen) atoms. The number of nitrogens with zero attached hydrogens (tertiary/aromatic N) is 1. The van der Waals surface area contributed by atoms with E-state index in [1.54, 1.807) is 6.08 Å². The van der Waals surface area contributed by atoms with Crippen molar-refractivity contribution in [2.24, 2.45) is 0 Å². The minimum absolute atomic E-state index is 0.305. The molecule has 0 radical (unpaired) electrons. The number of benzene rings is 2. The van der Waals surface area contributed by atoms with E-state index >= 15 is 0 Å². The van der Waals surface area contributed by atoms with Gasteiger partial charge >= 0.3 is 0 Å². The van der Waals surface area contributed by atoms with Gasteiger partial charge < -0.3 is 5.32 Å². The third kappa shape index (κ3) is 5.02. The largest absolute Gasteiger partial charge is 0.325 e. The zero-order chi connectivity index (χ0) is 20.3. The molecule has 1 aliphatic heterocycles. The Hall–Kier alpha value is -2.13. The average molecular weight is 506 g/mol. The number of hydrogen-bond acceptors (Lipinski definition) is 4. The minimum Gasteiger partial charge on any atom is -0.325 e. The number of halogens is 1. The number of nitrogens with one attached hydrogen (secondary N) is 1. The van der Waals surface area contributed by atoms with E-state index in [1.165, 1.54) is 5.56 Å². The van der Waals surface area contributed by atoms with Gasteiger partial charge in [-0.15, -0.1) is 0 Å². The maximum atomic E-state index is 12.5. The van der Waals surface area contributed by atoms with Gasteiger partial charge in [-0.2, -0.15) is 0 Å². The van der Waals surface area contributed by atoms with Crippen LogP contribution >= 0.6 is 34.4 Å². The lowest BCUT2D eigenvalue weighted by Crippen LogP contribution is -2.36. The summed E-state index contributed by atoms with van der Waals surface area (Å²) in [6.07, 6.45) is 1.67. The standard InChI is InChI=1S/C21H19IN2O3S/c1-13(2)15-5-9-17(10-6-15)23-19(25)12-24-20(26)18(28-21(24)27)11-14-3-7-16(22)8-4-14/h3-11,13H,12H2,1-2H3,(H,23,25)/b18-11-. The second-order valence-electron chi connectivity index (χ2n) is 6.64. The van der Waals surface area contributed by atoms with E-state index in [9.17, 15) is 14.4 Å². The van der Waals surface area contributed by atoms with Gasteiger partial charge in [0.05, 0.1) is 4.91 Å². The van der Waals surface area contributed by atoms with Crippen molar-refractivity contribution in [3.63, 3.8) is 0 Å². The van der Waals surface area contributed by atoms with Gasteiger partial charge in [-0.3, -0.25) is 19.3 Å². The molecule has 3 rings (SSSR count). The van der Waals surface area contributed by atoms with E-state index in [2.05, 4.69) is 41.8 Å². The predicted octanol–water partition coefficient (Wildman–Crippen LogP) is 5.09. The van der Waals surface area contributed by atoms with Gasteiger partial charge in [0.25, 0.3) is 11.1 Å². The van der Waals surface area contributed by atoms with Gasteiger partial charge in [-0.05, 0) is 81.7 Å². The molecule has 1 aliphatic rings. The van der Waals surface area contributed by atoms with Crippen LogP contribution in [0.3, 0.4) is 0 Å². The van der Waals surface area contributed by atoms with Gasteiger partial charge in [-0.25, -0.2) is 0 Å². The van der Waals surface area contributed by atoms with E-state index in [4.69, 9.17) is 0 Å². The first kappa shape index (κ1) is 20.6. The number of thioether (sulfide) groups is 1. The van der Waals surface area contributed by atoms with Gasteiger partial charge in [0.1, 0.15) is 6.54 Å². The summed E-state index contributed by atoms with van der Waals surface area (Å²) in [6, 6.07) is 15.1. The maximum absolute atomic E-state index is 12.5. The summed E-state index contributed by atoms with van der Waals surface area (Å²) in [7, 11) is 0. The highest BCUT2D eigenvalue weighted by Gasteiger charge is 2.36. The quantitative estimate of drug-likeness (QED) is 0.454. The Morgan fingerprint density at radius 3 is 2.36 bits per heavy atom. The number of carbonyl (C=O) groups is 3. The Bertz CT molecular complexity index is 937. The fourth-order valence-electron chi connectivity index (χ4n) is 2.64. The van der Waals surface area contributed by atoms with Crippen LogP contribution in [0, 0.1) is 3.57 Å². The zero-order valence-corrected chi connectivity index (χ0v) is 18.4. The molecular weight excluding hydrogens is 487 g/mol.